The van der Waals surface area contributed by atoms with E-state index < -0.39 is 12.0 Å². The number of hydrogen-bond donors (Lipinski definition) is 1. The molecule has 2 atom stereocenters. The Morgan fingerprint density at radius 2 is 2.00 bits per heavy atom. The molecule has 0 saturated carbocycles. The molecule has 1 aromatic heterocycles. The number of benzene rings is 2. The number of nitrogens with zero attached hydrogens (tertiary/aromatic N) is 2. The normalized spacial score (nSPS) is 19.3. The summed E-state index contributed by atoms with van der Waals surface area (Å²) in [5.74, 6) is -0.749. The van der Waals surface area contributed by atoms with Gasteiger partial charge >= 0.3 is 5.97 Å². The Morgan fingerprint density at radius 1 is 1.24 bits per heavy atom. The van der Waals surface area contributed by atoms with Gasteiger partial charge in [0.15, 0.2) is 0 Å². The number of thiazole rings is 1. The summed E-state index contributed by atoms with van der Waals surface area (Å²) in [7, 11) is 0. The van der Waals surface area contributed by atoms with Gasteiger partial charge in [0.05, 0.1) is 16.3 Å². The molecule has 1 N–H and O–H groups in total. The average molecular weight is 417 g/mol. The Morgan fingerprint density at radius 3 is 2.72 bits per heavy atom. The summed E-state index contributed by atoms with van der Waals surface area (Å²) in [4.78, 5) is 18.6. The minimum absolute atomic E-state index is 0.130. The first-order chi connectivity index (χ1) is 12.1. The number of rotatable bonds is 4. The van der Waals surface area contributed by atoms with Crippen molar-refractivity contribution >= 4 is 43.5 Å². The Kier molecular flexibility index (Phi) is 4.58. The minimum Gasteiger partial charge on any atom is -0.480 e. The van der Waals surface area contributed by atoms with E-state index in [2.05, 4.69) is 39.0 Å². The molecule has 1 aliphatic rings. The quantitative estimate of drug-likeness (QED) is 0.669. The van der Waals surface area contributed by atoms with Crippen molar-refractivity contribution < 1.29 is 9.90 Å². The van der Waals surface area contributed by atoms with Gasteiger partial charge in [-0.15, -0.1) is 11.3 Å². The molecule has 2 aromatic carbocycles. The molecule has 0 bridgehead atoms. The molecule has 1 aliphatic heterocycles. The van der Waals surface area contributed by atoms with Gasteiger partial charge in [-0.3, -0.25) is 9.69 Å². The van der Waals surface area contributed by atoms with E-state index >= 15 is 0 Å². The summed E-state index contributed by atoms with van der Waals surface area (Å²) in [6.45, 7) is 0.771. The smallest absolute Gasteiger partial charge is 0.320 e. The monoisotopic (exact) mass is 416 g/mol. The number of carbonyl (C=O) groups is 1. The summed E-state index contributed by atoms with van der Waals surface area (Å²) in [5, 5.41) is 10.6. The van der Waals surface area contributed by atoms with Gasteiger partial charge in [-0.05, 0) is 42.7 Å². The van der Waals surface area contributed by atoms with Crippen LogP contribution in [0.2, 0.25) is 0 Å². The largest absolute Gasteiger partial charge is 0.480 e. The number of halogens is 1. The van der Waals surface area contributed by atoms with Crippen LogP contribution in [-0.4, -0.2) is 33.5 Å². The standard InChI is InChI=1S/C19H17BrN2O2S/c20-13-9-7-12(8-10-13)17(22-11-3-5-15(22)19(23)24)18-21-14-4-1-2-6-16(14)25-18/h1-2,4,6-10,15,17H,3,5,11H2,(H,23,24). The van der Waals surface area contributed by atoms with Gasteiger partial charge < -0.3 is 5.11 Å². The summed E-state index contributed by atoms with van der Waals surface area (Å²) < 4.78 is 2.14. The summed E-state index contributed by atoms with van der Waals surface area (Å²) in [6.07, 6.45) is 1.59. The average Bonchev–Trinajstić information content (AvgIpc) is 3.24. The lowest BCUT2D eigenvalue weighted by Crippen LogP contribution is -2.39. The highest BCUT2D eigenvalue weighted by Crippen LogP contribution is 2.38. The predicted molar refractivity (Wildman–Crippen MR) is 103 cm³/mol. The van der Waals surface area contributed by atoms with Crippen LogP contribution in [0.15, 0.2) is 53.0 Å². The zero-order chi connectivity index (χ0) is 17.4. The second-order valence-corrected chi connectivity index (χ2v) is 8.19. The predicted octanol–water partition coefficient (Wildman–Crippen LogP) is 4.70. The molecule has 0 amide bonds. The number of carboxylic acid groups (broad SMARTS) is 1. The number of para-hydroxylation sites is 1. The van der Waals surface area contributed by atoms with E-state index in [1.807, 2.05) is 30.3 Å². The number of aliphatic carboxylic acids is 1. The number of aromatic nitrogens is 1. The van der Waals surface area contributed by atoms with Crippen LogP contribution in [0.3, 0.4) is 0 Å². The first kappa shape index (κ1) is 16.7. The highest BCUT2D eigenvalue weighted by Gasteiger charge is 2.38. The number of fused-ring (bicyclic) bond motifs is 1. The van der Waals surface area contributed by atoms with Crippen LogP contribution in [0.25, 0.3) is 10.2 Å². The highest BCUT2D eigenvalue weighted by atomic mass is 79.9. The molecule has 0 radical (unpaired) electrons. The van der Waals surface area contributed by atoms with Crippen molar-refractivity contribution in [1.29, 1.82) is 0 Å². The maximum Gasteiger partial charge on any atom is 0.320 e. The Balaban J connectivity index is 1.83. The van der Waals surface area contributed by atoms with Crippen LogP contribution >= 0.6 is 27.3 Å². The van der Waals surface area contributed by atoms with Crippen LogP contribution in [0, 0.1) is 0 Å². The van der Waals surface area contributed by atoms with Gasteiger partial charge in [-0.1, -0.05) is 40.2 Å². The van der Waals surface area contributed by atoms with Gasteiger partial charge in [0.25, 0.3) is 0 Å². The Hall–Kier alpha value is -1.76. The third kappa shape index (κ3) is 3.21. The van der Waals surface area contributed by atoms with Crippen LogP contribution in [-0.2, 0) is 4.79 Å². The molecule has 2 unspecified atom stereocenters. The topological polar surface area (TPSA) is 53.4 Å². The summed E-state index contributed by atoms with van der Waals surface area (Å²) in [5.41, 5.74) is 2.05. The van der Waals surface area contributed by atoms with Crippen molar-refractivity contribution in [2.24, 2.45) is 0 Å². The fraction of sp³-hybridized carbons (Fsp3) is 0.263. The third-order valence-electron chi connectivity index (χ3n) is 4.64. The van der Waals surface area contributed by atoms with Crippen LogP contribution in [0.4, 0.5) is 0 Å². The van der Waals surface area contributed by atoms with Crippen LogP contribution in [0.1, 0.15) is 29.5 Å². The minimum atomic E-state index is -0.749. The number of hydrogen-bond acceptors (Lipinski definition) is 4. The molecule has 4 nitrogen and oxygen atoms in total. The van der Waals surface area contributed by atoms with Crippen molar-refractivity contribution in [2.75, 3.05) is 6.54 Å². The number of likely N-dealkylation sites (tertiary alicyclic amines) is 1. The van der Waals surface area contributed by atoms with E-state index in [0.29, 0.717) is 6.42 Å². The molecule has 2 heterocycles. The SMILES string of the molecule is O=C(O)C1CCCN1C(c1ccc(Br)cc1)c1nc2ccccc2s1. The molecular formula is C19H17BrN2O2S. The van der Waals surface area contributed by atoms with E-state index in [4.69, 9.17) is 4.98 Å². The van der Waals surface area contributed by atoms with E-state index in [9.17, 15) is 9.90 Å². The van der Waals surface area contributed by atoms with Crippen molar-refractivity contribution in [3.05, 3.63) is 63.6 Å². The van der Waals surface area contributed by atoms with E-state index in [-0.39, 0.29) is 6.04 Å². The molecule has 3 aromatic rings. The molecular weight excluding hydrogens is 400 g/mol. The van der Waals surface area contributed by atoms with E-state index in [0.717, 1.165) is 38.2 Å². The first-order valence-electron chi connectivity index (χ1n) is 8.23. The van der Waals surface area contributed by atoms with Gasteiger partial charge in [0.2, 0.25) is 0 Å². The van der Waals surface area contributed by atoms with Gasteiger partial charge in [0.1, 0.15) is 11.0 Å². The maximum atomic E-state index is 11.7. The maximum absolute atomic E-state index is 11.7. The van der Waals surface area contributed by atoms with Crippen LogP contribution < -0.4 is 0 Å². The van der Waals surface area contributed by atoms with Gasteiger partial charge in [0, 0.05) is 11.0 Å². The van der Waals surface area contributed by atoms with Crippen molar-refractivity contribution in [3.63, 3.8) is 0 Å². The lowest BCUT2D eigenvalue weighted by Gasteiger charge is -2.30. The second-order valence-electron chi connectivity index (χ2n) is 6.21. The zero-order valence-electron chi connectivity index (χ0n) is 13.4. The molecule has 128 valence electrons. The van der Waals surface area contributed by atoms with Gasteiger partial charge in [-0.2, -0.15) is 0 Å². The molecule has 25 heavy (non-hydrogen) atoms. The lowest BCUT2D eigenvalue weighted by atomic mass is 10.0. The Bertz CT molecular complexity index is 876. The van der Waals surface area contributed by atoms with Crippen LogP contribution in [0.5, 0.6) is 0 Å². The lowest BCUT2D eigenvalue weighted by molar-refractivity contribution is -0.142. The summed E-state index contributed by atoms with van der Waals surface area (Å²) >= 11 is 5.12. The molecule has 1 fully saturated rings. The van der Waals surface area contributed by atoms with Crippen molar-refractivity contribution in [2.45, 2.75) is 24.9 Å². The first-order valence-corrected chi connectivity index (χ1v) is 9.84. The highest BCUT2D eigenvalue weighted by molar-refractivity contribution is 9.10. The summed E-state index contributed by atoms with van der Waals surface area (Å²) in [6, 6.07) is 15.6. The fourth-order valence-corrected chi connectivity index (χ4v) is 4.87. The van der Waals surface area contributed by atoms with Gasteiger partial charge in [-0.25, -0.2) is 4.98 Å². The third-order valence-corrected chi connectivity index (χ3v) is 6.26. The van der Waals surface area contributed by atoms with E-state index in [1.165, 1.54) is 0 Å². The number of carboxylic acids is 1. The molecule has 0 spiro atoms. The molecule has 1 saturated heterocycles. The second kappa shape index (κ2) is 6.86. The van der Waals surface area contributed by atoms with Crippen molar-refractivity contribution in [3.8, 4) is 0 Å². The molecule has 0 aliphatic carbocycles. The zero-order valence-corrected chi connectivity index (χ0v) is 15.8. The Labute approximate surface area is 158 Å². The van der Waals surface area contributed by atoms with E-state index in [1.54, 1.807) is 11.3 Å². The molecule has 6 heteroatoms. The fourth-order valence-electron chi connectivity index (χ4n) is 3.49. The van der Waals surface area contributed by atoms with Crippen molar-refractivity contribution in [1.82, 2.24) is 9.88 Å². The molecule has 4 rings (SSSR count).